The zero-order chi connectivity index (χ0) is 17.8. The van der Waals surface area contributed by atoms with Gasteiger partial charge in [-0.3, -0.25) is 9.36 Å². The van der Waals surface area contributed by atoms with E-state index in [0.29, 0.717) is 24.0 Å². The fourth-order valence-electron chi connectivity index (χ4n) is 2.37. The Kier molecular flexibility index (Phi) is 5.35. The summed E-state index contributed by atoms with van der Waals surface area (Å²) in [7, 11) is 1.92. The Hall–Kier alpha value is -2.38. The summed E-state index contributed by atoms with van der Waals surface area (Å²) in [5, 5.41) is 16.2. The van der Waals surface area contributed by atoms with Crippen molar-refractivity contribution in [2.24, 2.45) is 7.05 Å². The fourth-order valence-corrected chi connectivity index (χ4v) is 2.74. The van der Waals surface area contributed by atoms with E-state index in [9.17, 15) is 0 Å². The van der Waals surface area contributed by atoms with Gasteiger partial charge in [-0.1, -0.05) is 29.8 Å². The topological polar surface area (TPSA) is 59.7 Å². The van der Waals surface area contributed by atoms with Gasteiger partial charge in [0.2, 0.25) is 0 Å². The maximum absolute atomic E-state index is 6.18. The van der Waals surface area contributed by atoms with Crippen molar-refractivity contribution in [3.8, 4) is 0 Å². The monoisotopic (exact) mass is 374 g/mol. The van der Waals surface area contributed by atoms with E-state index in [0.717, 1.165) is 21.8 Å². The van der Waals surface area contributed by atoms with E-state index in [2.05, 4.69) is 20.8 Å². The highest BCUT2D eigenvalue weighted by molar-refractivity contribution is 7.80. The van der Waals surface area contributed by atoms with Crippen molar-refractivity contribution in [2.75, 3.05) is 5.32 Å². The minimum Gasteiger partial charge on any atom is -0.358 e. The maximum Gasteiger partial charge on any atom is 0.172 e. The second-order valence-corrected chi connectivity index (χ2v) is 6.49. The van der Waals surface area contributed by atoms with Gasteiger partial charge >= 0.3 is 0 Å². The molecule has 0 aliphatic carbocycles. The number of thiocarbonyl (C=S) groups is 1. The van der Waals surface area contributed by atoms with Crippen LogP contribution in [0.4, 0.5) is 5.82 Å². The van der Waals surface area contributed by atoms with Gasteiger partial charge in [-0.25, -0.2) is 0 Å². The molecule has 0 atom stereocenters. The normalized spacial score (nSPS) is 10.7. The molecule has 0 saturated carbocycles. The van der Waals surface area contributed by atoms with Crippen LogP contribution in [0.5, 0.6) is 0 Å². The van der Waals surface area contributed by atoms with Gasteiger partial charge in [0.15, 0.2) is 10.9 Å². The number of nitrogens with one attached hydrogen (secondary N) is 2. The number of hydrogen-bond donors (Lipinski definition) is 2. The lowest BCUT2D eigenvalue weighted by Crippen LogP contribution is -2.28. The van der Waals surface area contributed by atoms with Gasteiger partial charge < -0.3 is 10.6 Å². The standard InChI is InChI=1S/C17H19ClN6S/c1-12-14(10-20-23(12)2)9-19-17(25)21-16-7-8-24(22-16)11-13-5-3-4-6-15(13)18/h3-8,10H,9,11H2,1-2H3,(H2,19,21,22,25). The Morgan fingerprint density at radius 1 is 1.24 bits per heavy atom. The SMILES string of the molecule is Cc1c(CNC(=S)Nc2ccn(Cc3ccccc3Cl)n2)cnn1C. The molecule has 6 nitrogen and oxygen atoms in total. The molecule has 25 heavy (non-hydrogen) atoms. The first-order valence-corrected chi connectivity index (χ1v) is 8.61. The molecule has 0 amide bonds. The molecule has 3 rings (SSSR count). The molecule has 3 aromatic rings. The lowest BCUT2D eigenvalue weighted by atomic mass is 10.2. The maximum atomic E-state index is 6.18. The van der Waals surface area contributed by atoms with Crippen LogP contribution in [0.1, 0.15) is 16.8 Å². The summed E-state index contributed by atoms with van der Waals surface area (Å²) in [6.07, 6.45) is 3.73. The molecule has 0 unspecified atom stereocenters. The second-order valence-electron chi connectivity index (χ2n) is 5.68. The van der Waals surface area contributed by atoms with Gasteiger partial charge in [0.25, 0.3) is 0 Å². The van der Waals surface area contributed by atoms with Crippen molar-refractivity contribution in [1.82, 2.24) is 24.9 Å². The van der Waals surface area contributed by atoms with Gasteiger partial charge in [-0.05, 0) is 30.8 Å². The number of aromatic nitrogens is 4. The first-order chi connectivity index (χ1) is 12.0. The molecule has 0 spiro atoms. The molecule has 0 radical (unpaired) electrons. The number of hydrogen-bond acceptors (Lipinski definition) is 3. The van der Waals surface area contributed by atoms with Gasteiger partial charge in [0, 0.05) is 42.1 Å². The van der Waals surface area contributed by atoms with Crippen molar-refractivity contribution in [3.63, 3.8) is 0 Å². The number of rotatable bonds is 5. The van der Waals surface area contributed by atoms with Crippen molar-refractivity contribution < 1.29 is 0 Å². The largest absolute Gasteiger partial charge is 0.358 e. The lowest BCUT2D eigenvalue weighted by Gasteiger charge is -2.08. The molecule has 8 heteroatoms. The third kappa shape index (κ3) is 4.37. The summed E-state index contributed by atoms with van der Waals surface area (Å²) in [6, 6.07) is 9.61. The molecule has 0 aliphatic heterocycles. The van der Waals surface area contributed by atoms with Crippen LogP contribution in [0.25, 0.3) is 0 Å². The van der Waals surface area contributed by atoms with E-state index >= 15 is 0 Å². The summed E-state index contributed by atoms with van der Waals surface area (Å²) >= 11 is 11.5. The van der Waals surface area contributed by atoms with E-state index in [1.807, 2.05) is 66.1 Å². The summed E-state index contributed by atoms with van der Waals surface area (Å²) in [5.74, 6) is 0.687. The lowest BCUT2D eigenvalue weighted by molar-refractivity contribution is 0.690. The van der Waals surface area contributed by atoms with Gasteiger partial charge in [0.05, 0.1) is 12.7 Å². The molecule has 2 heterocycles. The molecule has 1 aromatic carbocycles. The number of nitrogens with zero attached hydrogens (tertiary/aromatic N) is 4. The van der Waals surface area contributed by atoms with Crippen molar-refractivity contribution in [2.45, 2.75) is 20.0 Å². The predicted molar refractivity (Wildman–Crippen MR) is 104 cm³/mol. The van der Waals surface area contributed by atoms with Crippen LogP contribution >= 0.6 is 23.8 Å². The molecule has 0 bridgehead atoms. The average Bonchev–Trinajstić information content (AvgIpc) is 3.15. The molecule has 2 N–H and O–H groups in total. The fraction of sp³-hybridized carbons (Fsp3) is 0.235. The van der Waals surface area contributed by atoms with Crippen LogP contribution in [0.3, 0.4) is 0 Å². The third-order valence-corrected chi connectivity index (χ3v) is 4.56. The Labute approximate surface area is 156 Å². The molecule has 0 saturated heterocycles. The van der Waals surface area contributed by atoms with Gasteiger partial charge in [0.1, 0.15) is 0 Å². The molecule has 130 valence electrons. The summed E-state index contributed by atoms with van der Waals surface area (Å²) in [4.78, 5) is 0. The molecule has 0 fully saturated rings. The Balaban J connectivity index is 1.55. The van der Waals surface area contributed by atoms with Crippen molar-refractivity contribution in [3.05, 3.63) is 64.6 Å². The third-order valence-electron chi connectivity index (χ3n) is 3.95. The number of benzene rings is 1. The van der Waals surface area contributed by atoms with E-state index < -0.39 is 0 Å². The predicted octanol–water partition coefficient (Wildman–Crippen LogP) is 3.11. The highest BCUT2D eigenvalue weighted by Crippen LogP contribution is 2.16. The molecular formula is C17H19ClN6S. The Bertz CT molecular complexity index is 885. The summed E-state index contributed by atoms with van der Waals surface area (Å²) in [5.41, 5.74) is 3.24. The molecular weight excluding hydrogens is 356 g/mol. The van der Waals surface area contributed by atoms with Gasteiger partial charge in [-0.2, -0.15) is 10.2 Å². The average molecular weight is 375 g/mol. The molecule has 2 aromatic heterocycles. The van der Waals surface area contributed by atoms with E-state index in [1.54, 1.807) is 0 Å². The van der Waals surface area contributed by atoms with E-state index in [-0.39, 0.29) is 0 Å². The quantitative estimate of drug-likeness (QED) is 0.672. The van der Waals surface area contributed by atoms with Crippen LogP contribution < -0.4 is 10.6 Å². The minimum absolute atomic E-state index is 0.520. The van der Waals surface area contributed by atoms with E-state index in [4.69, 9.17) is 23.8 Å². The number of aryl methyl sites for hydroxylation is 1. The van der Waals surface area contributed by atoms with Gasteiger partial charge in [-0.15, -0.1) is 0 Å². The number of anilines is 1. The highest BCUT2D eigenvalue weighted by atomic mass is 35.5. The van der Waals surface area contributed by atoms with Crippen LogP contribution in [0, 0.1) is 6.92 Å². The zero-order valence-corrected chi connectivity index (χ0v) is 15.6. The van der Waals surface area contributed by atoms with Crippen LogP contribution in [-0.4, -0.2) is 24.7 Å². The summed E-state index contributed by atoms with van der Waals surface area (Å²) < 4.78 is 3.65. The van der Waals surface area contributed by atoms with Crippen molar-refractivity contribution >= 4 is 34.7 Å². The highest BCUT2D eigenvalue weighted by Gasteiger charge is 2.06. The Morgan fingerprint density at radius 2 is 2.04 bits per heavy atom. The number of halogens is 1. The summed E-state index contributed by atoms with van der Waals surface area (Å²) in [6.45, 7) is 3.25. The van der Waals surface area contributed by atoms with Crippen LogP contribution in [-0.2, 0) is 20.1 Å². The minimum atomic E-state index is 0.520. The molecule has 0 aliphatic rings. The van der Waals surface area contributed by atoms with Crippen molar-refractivity contribution in [1.29, 1.82) is 0 Å². The first-order valence-electron chi connectivity index (χ1n) is 7.82. The van der Waals surface area contributed by atoms with E-state index in [1.165, 1.54) is 0 Å². The van der Waals surface area contributed by atoms with Crippen LogP contribution in [0.15, 0.2) is 42.7 Å². The smallest absolute Gasteiger partial charge is 0.172 e. The first kappa shape index (κ1) is 17.4. The zero-order valence-electron chi connectivity index (χ0n) is 14.0. The second kappa shape index (κ2) is 7.67. The Morgan fingerprint density at radius 3 is 2.76 bits per heavy atom. The van der Waals surface area contributed by atoms with Crippen LogP contribution in [0.2, 0.25) is 5.02 Å².